The van der Waals surface area contributed by atoms with E-state index in [1.807, 2.05) is 24.3 Å². The number of Topliss-reactive ketones (excluding diaryl/α,β-unsaturated/α-hetero) is 1. The Morgan fingerprint density at radius 3 is 2.59 bits per heavy atom. The van der Waals surface area contributed by atoms with Gasteiger partial charge in [0.15, 0.2) is 5.78 Å². The number of benzene rings is 1. The molecule has 114 valence electrons. The van der Waals surface area contributed by atoms with Crippen LogP contribution in [0.25, 0.3) is 0 Å². The molecule has 4 nitrogen and oxygen atoms in total. The average Bonchev–Trinajstić information content (AvgIpc) is 2.93. The minimum absolute atomic E-state index is 0.0582. The van der Waals surface area contributed by atoms with E-state index in [9.17, 15) is 9.59 Å². The van der Waals surface area contributed by atoms with Gasteiger partial charge in [-0.05, 0) is 36.5 Å². The summed E-state index contributed by atoms with van der Waals surface area (Å²) in [6, 6.07) is 7.82. The maximum atomic E-state index is 12.4. The van der Waals surface area contributed by atoms with Crippen molar-refractivity contribution < 1.29 is 9.59 Å². The number of carbonyl (C=O) groups excluding carboxylic acids is 2. The van der Waals surface area contributed by atoms with Gasteiger partial charge in [-0.2, -0.15) is 0 Å². The average molecular weight is 296 g/mol. The molecule has 1 aromatic heterocycles. The van der Waals surface area contributed by atoms with Gasteiger partial charge in [-0.3, -0.25) is 9.59 Å². The van der Waals surface area contributed by atoms with Gasteiger partial charge in [-0.1, -0.05) is 26.0 Å². The molecular weight excluding hydrogens is 276 g/mol. The van der Waals surface area contributed by atoms with Crippen LogP contribution in [0, 0.1) is 0 Å². The molecule has 1 aromatic carbocycles. The molecular formula is C18H20N2O2. The van der Waals surface area contributed by atoms with E-state index in [4.69, 9.17) is 0 Å². The van der Waals surface area contributed by atoms with Gasteiger partial charge in [0, 0.05) is 24.0 Å². The Bertz CT molecular complexity index is 711. The maximum Gasteiger partial charge on any atom is 0.257 e. The zero-order valence-corrected chi connectivity index (χ0v) is 12.9. The number of anilines is 1. The number of aromatic nitrogens is 1. The number of hydrogen-bond donors (Lipinski definition) is 2. The Kier molecular flexibility index (Phi) is 3.84. The lowest BCUT2D eigenvalue weighted by atomic mass is 9.93. The van der Waals surface area contributed by atoms with Crippen LogP contribution >= 0.6 is 0 Å². The maximum absolute atomic E-state index is 12.4. The fourth-order valence-electron chi connectivity index (χ4n) is 2.86. The molecule has 1 heterocycles. The van der Waals surface area contributed by atoms with Crippen molar-refractivity contribution in [2.75, 3.05) is 5.32 Å². The predicted molar refractivity (Wildman–Crippen MR) is 86.5 cm³/mol. The van der Waals surface area contributed by atoms with E-state index in [2.05, 4.69) is 24.1 Å². The van der Waals surface area contributed by atoms with Gasteiger partial charge >= 0.3 is 0 Å². The largest absolute Gasteiger partial charge is 0.364 e. The van der Waals surface area contributed by atoms with E-state index in [0.29, 0.717) is 23.5 Å². The van der Waals surface area contributed by atoms with Crippen LogP contribution in [0.3, 0.4) is 0 Å². The van der Waals surface area contributed by atoms with Crippen LogP contribution in [0.2, 0.25) is 0 Å². The van der Waals surface area contributed by atoms with E-state index in [1.165, 1.54) is 5.56 Å². The minimum atomic E-state index is -0.231. The molecule has 0 aliphatic heterocycles. The van der Waals surface area contributed by atoms with Crippen molar-refractivity contribution in [3.63, 3.8) is 0 Å². The number of nitrogens with one attached hydrogen (secondary N) is 2. The fourth-order valence-corrected chi connectivity index (χ4v) is 2.86. The quantitative estimate of drug-likeness (QED) is 0.902. The van der Waals surface area contributed by atoms with Crippen LogP contribution in [0.1, 0.15) is 64.6 Å². The molecule has 2 N–H and O–H groups in total. The third kappa shape index (κ3) is 2.69. The Labute approximate surface area is 129 Å². The summed E-state index contributed by atoms with van der Waals surface area (Å²) in [5.74, 6) is 0.284. The van der Waals surface area contributed by atoms with Gasteiger partial charge in [-0.15, -0.1) is 0 Å². The third-order valence-electron chi connectivity index (χ3n) is 4.15. The standard InChI is InChI=1S/C18H20N2O2/c1-11(2)12-6-8-13(9-7-12)20-18(22)14-10-19-15-4-3-5-16(21)17(14)15/h6-11,19H,3-5H2,1-2H3,(H,20,22). The predicted octanol–water partition coefficient (Wildman–Crippen LogP) is 3.91. The highest BCUT2D eigenvalue weighted by Gasteiger charge is 2.25. The summed E-state index contributed by atoms with van der Waals surface area (Å²) in [4.78, 5) is 27.5. The van der Waals surface area contributed by atoms with Crippen molar-refractivity contribution >= 4 is 17.4 Å². The van der Waals surface area contributed by atoms with E-state index >= 15 is 0 Å². The molecule has 0 radical (unpaired) electrons. The van der Waals surface area contributed by atoms with Gasteiger partial charge in [0.1, 0.15) is 0 Å². The van der Waals surface area contributed by atoms with Crippen molar-refractivity contribution in [2.24, 2.45) is 0 Å². The summed E-state index contributed by atoms with van der Waals surface area (Å²) in [5, 5.41) is 2.87. The summed E-state index contributed by atoms with van der Waals surface area (Å²) in [5.41, 5.74) is 3.88. The number of fused-ring (bicyclic) bond motifs is 1. The van der Waals surface area contributed by atoms with Gasteiger partial charge in [0.25, 0.3) is 5.91 Å². The first-order valence-corrected chi connectivity index (χ1v) is 7.71. The van der Waals surface area contributed by atoms with Crippen molar-refractivity contribution in [3.8, 4) is 0 Å². The Morgan fingerprint density at radius 1 is 1.18 bits per heavy atom. The molecule has 4 heteroatoms. The van der Waals surface area contributed by atoms with Crippen LogP contribution in [-0.2, 0) is 6.42 Å². The molecule has 1 amide bonds. The molecule has 0 saturated carbocycles. The summed E-state index contributed by atoms with van der Waals surface area (Å²) >= 11 is 0. The third-order valence-corrected chi connectivity index (χ3v) is 4.15. The van der Waals surface area contributed by atoms with Gasteiger partial charge in [0.2, 0.25) is 0 Å². The highest BCUT2D eigenvalue weighted by molar-refractivity contribution is 6.13. The second kappa shape index (κ2) is 5.79. The highest BCUT2D eigenvalue weighted by atomic mass is 16.2. The number of H-pyrrole nitrogens is 1. The van der Waals surface area contributed by atoms with E-state index < -0.39 is 0 Å². The Balaban J connectivity index is 1.80. The molecule has 0 atom stereocenters. The fraction of sp³-hybridized carbons (Fsp3) is 0.333. The number of ketones is 1. The van der Waals surface area contributed by atoms with Crippen molar-refractivity contribution in [1.29, 1.82) is 0 Å². The lowest BCUT2D eigenvalue weighted by Crippen LogP contribution is -2.17. The molecule has 0 fully saturated rings. The van der Waals surface area contributed by atoms with E-state index in [-0.39, 0.29) is 11.7 Å². The van der Waals surface area contributed by atoms with Crippen molar-refractivity contribution in [1.82, 2.24) is 4.98 Å². The number of hydrogen-bond acceptors (Lipinski definition) is 2. The molecule has 0 spiro atoms. The van der Waals surface area contributed by atoms with Crippen LogP contribution in [0.5, 0.6) is 0 Å². The van der Waals surface area contributed by atoms with Crippen LogP contribution in [0.4, 0.5) is 5.69 Å². The zero-order chi connectivity index (χ0) is 15.7. The first-order chi connectivity index (χ1) is 10.6. The number of rotatable bonds is 3. The van der Waals surface area contributed by atoms with Crippen molar-refractivity contribution in [3.05, 3.63) is 52.8 Å². The van der Waals surface area contributed by atoms with Gasteiger partial charge in [-0.25, -0.2) is 0 Å². The Morgan fingerprint density at radius 2 is 1.91 bits per heavy atom. The monoisotopic (exact) mass is 296 g/mol. The van der Waals surface area contributed by atoms with E-state index in [0.717, 1.165) is 24.2 Å². The molecule has 1 aliphatic rings. The number of aryl methyl sites for hydroxylation is 1. The second-order valence-electron chi connectivity index (χ2n) is 6.06. The smallest absolute Gasteiger partial charge is 0.257 e. The summed E-state index contributed by atoms with van der Waals surface area (Å²) in [7, 11) is 0. The van der Waals surface area contributed by atoms with E-state index in [1.54, 1.807) is 6.20 Å². The lowest BCUT2D eigenvalue weighted by Gasteiger charge is -2.12. The van der Waals surface area contributed by atoms with Crippen LogP contribution in [0.15, 0.2) is 30.5 Å². The number of amides is 1. The summed E-state index contributed by atoms with van der Waals surface area (Å²) < 4.78 is 0. The molecule has 0 unspecified atom stereocenters. The first-order valence-electron chi connectivity index (χ1n) is 7.71. The molecule has 0 saturated heterocycles. The topological polar surface area (TPSA) is 62.0 Å². The number of carbonyl (C=O) groups is 2. The molecule has 0 bridgehead atoms. The molecule has 22 heavy (non-hydrogen) atoms. The first kappa shape index (κ1) is 14.6. The second-order valence-corrected chi connectivity index (χ2v) is 6.06. The molecule has 1 aliphatic carbocycles. The lowest BCUT2D eigenvalue weighted by molar-refractivity contribution is 0.0956. The SMILES string of the molecule is CC(C)c1ccc(NC(=O)c2c[nH]c3c2C(=O)CCC3)cc1. The van der Waals surface area contributed by atoms with Crippen LogP contribution < -0.4 is 5.32 Å². The van der Waals surface area contributed by atoms with Gasteiger partial charge in [0.05, 0.1) is 11.1 Å². The Hall–Kier alpha value is -2.36. The summed E-state index contributed by atoms with van der Waals surface area (Å²) in [6.07, 6.45) is 3.85. The minimum Gasteiger partial charge on any atom is -0.364 e. The summed E-state index contributed by atoms with van der Waals surface area (Å²) in [6.45, 7) is 4.26. The highest BCUT2D eigenvalue weighted by Crippen LogP contribution is 2.25. The molecule has 2 aromatic rings. The normalized spacial score (nSPS) is 14.0. The zero-order valence-electron chi connectivity index (χ0n) is 12.9. The molecule has 3 rings (SSSR count). The van der Waals surface area contributed by atoms with Crippen LogP contribution in [-0.4, -0.2) is 16.7 Å². The van der Waals surface area contributed by atoms with Gasteiger partial charge < -0.3 is 10.3 Å². The number of aromatic amines is 1. The van der Waals surface area contributed by atoms with Crippen molar-refractivity contribution in [2.45, 2.75) is 39.0 Å².